The minimum Gasteiger partial charge on any atom is -0.488 e. The number of carbonyl (C=O) groups is 1. The molecule has 2 amide bonds. The first kappa shape index (κ1) is 32.8. The average Bonchev–Trinajstić information content (AvgIpc) is 3.70. The Balaban J connectivity index is 1.95. The zero-order valence-electron chi connectivity index (χ0n) is 23.3. The Morgan fingerprint density at radius 1 is 0.909 bits per heavy atom. The highest BCUT2D eigenvalue weighted by Gasteiger charge is 2.64. The summed E-state index contributed by atoms with van der Waals surface area (Å²) in [6.07, 6.45) is -15.9. The molecule has 1 atom stereocenters. The van der Waals surface area contributed by atoms with Crippen molar-refractivity contribution in [1.29, 1.82) is 0 Å². The highest BCUT2D eigenvalue weighted by atomic mass is 19.4. The molecular formula is C30H27F9N2O3. The largest absolute Gasteiger partial charge is 0.488 e. The minimum atomic E-state index is -5.04. The van der Waals surface area contributed by atoms with E-state index in [0.29, 0.717) is 11.6 Å². The van der Waals surface area contributed by atoms with Gasteiger partial charge >= 0.3 is 24.7 Å². The number of rotatable bonds is 11. The van der Waals surface area contributed by atoms with E-state index in [-0.39, 0.29) is 17.7 Å². The van der Waals surface area contributed by atoms with E-state index in [1.165, 1.54) is 0 Å². The number of hydrogen-bond donors (Lipinski definition) is 2. The molecule has 0 radical (unpaired) electrons. The normalized spacial score (nSPS) is 15.9. The van der Waals surface area contributed by atoms with E-state index < -0.39 is 77.7 Å². The molecule has 1 saturated carbocycles. The average molecular weight is 635 g/mol. The van der Waals surface area contributed by atoms with Crippen molar-refractivity contribution in [2.45, 2.75) is 69.0 Å². The monoisotopic (exact) mass is 634 g/mol. The molecule has 2 N–H and O–H groups in total. The van der Waals surface area contributed by atoms with Gasteiger partial charge in [0.25, 0.3) is 0 Å². The van der Waals surface area contributed by atoms with Crippen molar-refractivity contribution in [3.8, 4) is 11.5 Å². The van der Waals surface area contributed by atoms with Crippen molar-refractivity contribution in [1.82, 2.24) is 10.6 Å². The molecule has 3 aromatic carbocycles. The number of nitrogens with one attached hydrogen (secondary N) is 2. The number of benzene rings is 3. The Morgan fingerprint density at radius 3 is 2.14 bits per heavy atom. The molecule has 1 aliphatic carbocycles. The van der Waals surface area contributed by atoms with Gasteiger partial charge in [-0.05, 0) is 67.6 Å². The molecule has 0 saturated heterocycles. The van der Waals surface area contributed by atoms with Gasteiger partial charge in [0, 0.05) is 12.5 Å². The summed E-state index contributed by atoms with van der Waals surface area (Å²) in [5.41, 5.74) is -4.72. The molecule has 0 aromatic heterocycles. The fourth-order valence-electron chi connectivity index (χ4n) is 4.69. The first-order valence-corrected chi connectivity index (χ1v) is 13.3. The second kappa shape index (κ2) is 12.1. The Kier molecular flexibility index (Phi) is 9.04. The third-order valence-electron chi connectivity index (χ3n) is 6.94. The predicted octanol–water partition coefficient (Wildman–Crippen LogP) is 7.87. The van der Waals surface area contributed by atoms with E-state index in [0.717, 1.165) is 30.3 Å². The summed E-state index contributed by atoms with van der Waals surface area (Å²) in [4.78, 5) is 13.3. The van der Waals surface area contributed by atoms with Crippen molar-refractivity contribution in [3.05, 3.63) is 95.1 Å². The Morgan fingerprint density at radius 2 is 1.57 bits per heavy atom. The predicted molar refractivity (Wildman–Crippen MR) is 141 cm³/mol. The molecule has 0 spiro atoms. The van der Waals surface area contributed by atoms with Gasteiger partial charge in [-0.1, -0.05) is 36.4 Å². The van der Waals surface area contributed by atoms with E-state index >= 15 is 4.39 Å². The first-order valence-electron chi connectivity index (χ1n) is 13.3. The summed E-state index contributed by atoms with van der Waals surface area (Å²) in [6.45, 7) is 3.17. The third-order valence-corrected chi connectivity index (χ3v) is 6.94. The zero-order valence-corrected chi connectivity index (χ0v) is 23.3. The smallest absolute Gasteiger partial charge is 0.461 e. The summed E-state index contributed by atoms with van der Waals surface area (Å²) >= 11 is 0. The topological polar surface area (TPSA) is 59.6 Å². The fourth-order valence-corrected chi connectivity index (χ4v) is 4.69. The summed E-state index contributed by atoms with van der Waals surface area (Å²) in [7, 11) is 0. The lowest BCUT2D eigenvalue weighted by Crippen LogP contribution is -2.57. The number of urea groups is 1. The molecule has 4 rings (SSSR count). The van der Waals surface area contributed by atoms with E-state index in [1.54, 1.807) is 44.2 Å². The molecule has 0 bridgehead atoms. The van der Waals surface area contributed by atoms with Crippen LogP contribution in [0.15, 0.2) is 66.7 Å². The number of amides is 2. The Bertz CT molecular complexity index is 1480. The molecule has 238 valence electrons. The van der Waals surface area contributed by atoms with Crippen molar-refractivity contribution in [2.24, 2.45) is 0 Å². The summed E-state index contributed by atoms with van der Waals surface area (Å²) in [5, 5.41) is 4.34. The van der Waals surface area contributed by atoms with Gasteiger partial charge in [0.1, 0.15) is 17.1 Å². The van der Waals surface area contributed by atoms with Gasteiger partial charge in [-0.2, -0.15) is 30.7 Å². The molecule has 44 heavy (non-hydrogen) atoms. The van der Waals surface area contributed by atoms with E-state index in [4.69, 9.17) is 4.74 Å². The van der Waals surface area contributed by atoms with Crippen molar-refractivity contribution >= 4 is 6.03 Å². The number of halogens is 9. The van der Waals surface area contributed by atoms with Crippen LogP contribution in [0.5, 0.6) is 11.5 Å². The number of alkyl halides is 7. The summed E-state index contributed by atoms with van der Waals surface area (Å²) < 4.78 is 134. The van der Waals surface area contributed by atoms with Crippen molar-refractivity contribution < 1.29 is 53.8 Å². The van der Waals surface area contributed by atoms with Crippen LogP contribution in [0, 0.1) is 11.6 Å². The zero-order chi connectivity index (χ0) is 32.5. The van der Waals surface area contributed by atoms with Gasteiger partial charge in [0.15, 0.2) is 11.6 Å². The van der Waals surface area contributed by atoms with Crippen LogP contribution in [0.2, 0.25) is 0 Å². The van der Waals surface area contributed by atoms with Gasteiger partial charge in [-0.25, -0.2) is 13.6 Å². The lowest BCUT2D eigenvalue weighted by atomic mass is 9.77. The van der Waals surface area contributed by atoms with Crippen LogP contribution in [0.4, 0.5) is 44.3 Å². The van der Waals surface area contributed by atoms with Crippen LogP contribution in [0.1, 0.15) is 43.4 Å². The Labute approximate surface area is 246 Å². The maximum Gasteiger partial charge on any atom is 0.461 e. The maximum absolute atomic E-state index is 15.0. The lowest BCUT2D eigenvalue weighted by Gasteiger charge is -2.38. The van der Waals surface area contributed by atoms with Crippen molar-refractivity contribution in [2.75, 3.05) is 0 Å². The number of carbonyl (C=O) groups excluding carboxylic acids is 1. The molecule has 1 unspecified atom stereocenters. The molecule has 3 aromatic rings. The SMILES string of the molecule is CC(C)Oc1cc(C(Cc2ccccc2)(NC(=O)NC2(C(F)(F)F)CC2)c2cc(F)cc(OC(F)(F)C(F)F)c2)ccc1F. The van der Waals surface area contributed by atoms with Gasteiger partial charge < -0.3 is 20.1 Å². The minimum absolute atomic E-state index is 0.0671. The fraction of sp³-hybridized carbons (Fsp3) is 0.367. The van der Waals surface area contributed by atoms with E-state index in [9.17, 15) is 39.9 Å². The molecule has 1 fully saturated rings. The highest BCUT2D eigenvalue weighted by molar-refractivity contribution is 5.78. The van der Waals surface area contributed by atoms with Gasteiger partial charge in [0.2, 0.25) is 0 Å². The second-order valence-electron chi connectivity index (χ2n) is 10.7. The molecular weight excluding hydrogens is 607 g/mol. The third kappa shape index (κ3) is 7.16. The quantitative estimate of drug-likeness (QED) is 0.211. The Hall–Kier alpha value is -4.10. The molecule has 5 nitrogen and oxygen atoms in total. The maximum atomic E-state index is 15.0. The molecule has 0 aliphatic heterocycles. The highest BCUT2D eigenvalue weighted by Crippen LogP contribution is 2.49. The van der Waals surface area contributed by atoms with E-state index in [1.807, 2.05) is 5.32 Å². The molecule has 14 heteroatoms. The molecule has 0 heterocycles. The standard InChI is InChI=1S/C30H27F9N2O3/c1-17(2)43-24-14-19(8-9-23(24)32)28(16-18-6-4-3-5-7-18,41-26(42)40-27(10-11-27)30(37,38)39)20-12-21(31)15-22(13-20)44-29(35,36)25(33)34/h3-9,12-15,17,25H,10-11,16H2,1-2H3,(H2,40,41,42). The van der Waals surface area contributed by atoms with Crippen LogP contribution in [0.3, 0.4) is 0 Å². The summed E-state index contributed by atoms with van der Waals surface area (Å²) in [6, 6.07) is 11.6. The van der Waals surface area contributed by atoms with Crippen molar-refractivity contribution in [3.63, 3.8) is 0 Å². The van der Waals surface area contributed by atoms with Crippen LogP contribution in [-0.2, 0) is 12.0 Å². The van der Waals surface area contributed by atoms with Crippen LogP contribution >= 0.6 is 0 Å². The first-order chi connectivity index (χ1) is 20.5. The van der Waals surface area contributed by atoms with E-state index in [2.05, 4.69) is 10.1 Å². The second-order valence-corrected chi connectivity index (χ2v) is 10.7. The number of ether oxygens (including phenoxy) is 2. The summed E-state index contributed by atoms with van der Waals surface area (Å²) in [5.74, 6) is -3.53. The number of hydrogen-bond acceptors (Lipinski definition) is 3. The van der Waals surface area contributed by atoms with Crippen LogP contribution < -0.4 is 20.1 Å². The van der Waals surface area contributed by atoms with Crippen LogP contribution in [-0.4, -0.2) is 36.4 Å². The van der Waals surface area contributed by atoms with Gasteiger partial charge in [-0.15, -0.1) is 0 Å². The van der Waals surface area contributed by atoms with Gasteiger partial charge in [-0.3, -0.25) is 0 Å². The molecule has 1 aliphatic rings. The van der Waals surface area contributed by atoms with Crippen LogP contribution in [0.25, 0.3) is 0 Å². The van der Waals surface area contributed by atoms with Gasteiger partial charge in [0.05, 0.1) is 11.6 Å². The lowest BCUT2D eigenvalue weighted by molar-refractivity contribution is -0.253.